The Bertz CT molecular complexity index is 483. The third-order valence-corrected chi connectivity index (χ3v) is 3.02. The first-order chi connectivity index (χ1) is 9.61. The Labute approximate surface area is 116 Å². The van der Waals surface area contributed by atoms with Crippen molar-refractivity contribution in [1.29, 1.82) is 0 Å². The highest BCUT2D eigenvalue weighted by Gasteiger charge is 2.28. The van der Waals surface area contributed by atoms with E-state index < -0.39 is 11.9 Å². The lowest BCUT2D eigenvalue weighted by atomic mass is 10.3. The van der Waals surface area contributed by atoms with E-state index in [0.717, 1.165) is 18.7 Å². The first-order valence-electron chi connectivity index (χ1n) is 6.61. The highest BCUT2D eigenvalue weighted by molar-refractivity contribution is 5.94. The number of hydrogen-bond acceptors (Lipinski definition) is 5. The monoisotopic (exact) mass is 281 g/mol. The average molecular weight is 281 g/mol. The van der Waals surface area contributed by atoms with Gasteiger partial charge in [-0.3, -0.25) is 14.7 Å². The lowest BCUT2D eigenvalue weighted by Gasteiger charge is -2.12. The molecule has 1 unspecified atom stereocenters. The molecule has 1 fully saturated rings. The number of rotatable bonds is 7. The SMILES string of the molecule is COCCNC(=O)C(C)NC(=O)c1n[nH]c(C2CC2)n1. The molecule has 1 aromatic heterocycles. The Kier molecular flexibility index (Phi) is 4.67. The number of aromatic amines is 1. The van der Waals surface area contributed by atoms with Crippen LogP contribution in [0.4, 0.5) is 0 Å². The minimum absolute atomic E-state index is 0.0726. The largest absolute Gasteiger partial charge is 0.383 e. The topological polar surface area (TPSA) is 109 Å². The fourth-order valence-electron chi connectivity index (χ4n) is 1.67. The highest BCUT2D eigenvalue weighted by atomic mass is 16.5. The van der Waals surface area contributed by atoms with Crippen LogP contribution in [0.5, 0.6) is 0 Å². The lowest BCUT2D eigenvalue weighted by Crippen LogP contribution is -2.45. The summed E-state index contributed by atoms with van der Waals surface area (Å²) in [4.78, 5) is 27.7. The zero-order valence-corrected chi connectivity index (χ0v) is 11.6. The minimum Gasteiger partial charge on any atom is -0.383 e. The Hall–Kier alpha value is -1.96. The number of amides is 2. The van der Waals surface area contributed by atoms with Crippen molar-refractivity contribution in [2.75, 3.05) is 20.3 Å². The predicted molar refractivity (Wildman–Crippen MR) is 70.2 cm³/mol. The normalized spacial score (nSPS) is 15.7. The van der Waals surface area contributed by atoms with Crippen molar-refractivity contribution >= 4 is 11.8 Å². The molecule has 3 N–H and O–H groups in total. The quantitative estimate of drug-likeness (QED) is 0.587. The molecule has 1 atom stereocenters. The van der Waals surface area contributed by atoms with Crippen molar-refractivity contribution in [2.24, 2.45) is 0 Å². The molecule has 8 heteroatoms. The number of carbonyl (C=O) groups is 2. The van der Waals surface area contributed by atoms with Gasteiger partial charge in [-0.25, -0.2) is 4.98 Å². The summed E-state index contributed by atoms with van der Waals surface area (Å²) in [6.45, 7) is 2.44. The van der Waals surface area contributed by atoms with Gasteiger partial charge in [-0.2, -0.15) is 0 Å². The number of nitrogens with zero attached hydrogens (tertiary/aromatic N) is 2. The lowest BCUT2D eigenvalue weighted by molar-refractivity contribution is -0.122. The van der Waals surface area contributed by atoms with Gasteiger partial charge in [0.05, 0.1) is 6.61 Å². The molecule has 2 amide bonds. The molecule has 0 bridgehead atoms. The van der Waals surface area contributed by atoms with E-state index in [2.05, 4.69) is 25.8 Å². The molecule has 0 aromatic carbocycles. The van der Waals surface area contributed by atoms with E-state index in [0.29, 0.717) is 19.1 Å². The fourth-order valence-corrected chi connectivity index (χ4v) is 1.67. The van der Waals surface area contributed by atoms with Crippen LogP contribution in [0, 0.1) is 0 Å². The fraction of sp³-hybridized carbons (Fsp3) is 0.667. The molecule has 0 spiro atoms. The third-order valence-electron chi connectivity index (χ3n) is 3.02. The van der Waals surface area contributed by atoms with Crippen LogP contribution in [-0.2, 0) is 9.53 Å². The molecule has 0 aliphatic heterocycles. The van der Waals surface area contributed by atoms with Crippen LogP contribution < -0.4 is 10.6 Å². The van der Waals surface area contributed by atoms with Gasteiger partial charge in [-0.15, -0.1) is 5.10 Å². The molecular formula is C12H19N5O3. The van der Waals surface area contributed by atoms with Crippen LogP contribution >= 0.6 is 0 Å². The first-order valence-corrected chi connectivity index (χ1v) is 6.61. The standard InChI is InChI=1S/C12H19N5O3/c1-7(11(18)13-5-6-20-2)14-12(19)10-15-9(16-17-10)8-3-4-8/h7-8H,3-6H2,1-2H3,(H,13,18)(H,14,19)(H,15,16,17). The number of nitrogens with one attached hydrogen (secondary N) is 3. The van der Waals surface area contributed by atoms with E-state index in [1.807, 2.05) is 0 Å². The summed E-state index contributed by atoms with van der Waals surface area (Å²) in [5.41, 5.74) is 0. The van der Waals surface area contributed by atoms with Gasteiger partial charge < -0.3 is 15.4 Å². The molecule has 110 valence electrons. The van der Waals surface area contributed by atoms with Gasteiger partial charge in [0.1, 0.15) is 11.9 Å². The summed E-state index contributed by atoms with van der Waals surface area (Å²) in [6, 6.07) is -0.651. The first kappa shape index (κ1) is 14.4. The molecule has 0 saturated heterocycles. The second-order valence-corrected chi connectivity index (χ2v) is 4.80. The van der Waals surface area contributed by atoms with Gasteiger partial charge in [0.25, 0.3) is 5.91 Å². The maximum Gasteiger partial charge on any atom is 0.291 e. The van der Waals surface area contributed by atoms with Crippen molar-refractivity contribution in [3.05, 3.63) is 11.6 Å². The zero-order chi connectivity index (χ0) is 14.5. The molecule has 1 saturated carbocycles. The Morgan fingerprint density at radius 3 is 2.90 bits per heavy atom. The molecule has 1 aromatic rings. The zero-order valence-electron chi connectivity index (χ0n) is 11.6. The Balaban J connectivity index is 1.81. The maximum atomic E-state index is 11.9. The highest BCUT2D eigenvalue weighted by Crippen LogP contribution is 2.37. The van der Waals surface area contributed by atoms with E-state index >= 15 is 0 Å². The van der Waals surface area contributed by atoms with Crippen molar-refractivity contribution in [2.45, 2.75) is 31.7 Å². The number of hydrogen-bond donors (Lipinski definition) is 3. The summed E-state index contributed by atoms with van der Waals surface area (Å²) in [7, 11) is 1.55. The molecule has 20 heavy (non-hydrogen) atoms. The molecule has 1 heterocycles. The predicted octanol–water partition coefficient (Wildman–Crippen LogP) is -0.437. The van der Waals surface area contributed by atoms with Gasteiger partial charge in [0.15, 0.2) is 0 Å². The van der Waals surface area contributed by atoms with Crippen LogP contribution in [0.2, 0.25) is 0 Å². The van der Waals surface area contributed by atoms with Crippen LogP contribution in [0.3, 0.4) is 0 Å². The van der Waals surface area contributed by atoms with Gasteiger partial charge >= 0.3 is 0 Å². The number of carbonyl (C=O) groups excluding carboxylic acids is 2. The summed E-state index contributed by atoms with van der Waals surface area (Å²) in [6.07, 6.45) is 2.16. The van der Waals surface area contributed by atoms with Crippen molar-refractivity contribution < 1.29 is 14.3 Å². The van der Waals surface area contributed by atoms with Crippen molar-refractivity contribution in [3.63, 3.8) is 0 Å². The van der Waals surface area contributed by atoms with Gasteiger partial charge in [-0.1, -0.05) is 0 Å². The van der Waals surface area contributed by atoms with Crippen LogP contribution in [0.15, 0.2) is 0 Å². The van der Waals surface area contributed by atoms with Gasteiger partial charge in [-0.05, 0) is 19.8 Å². The smallest absolute Gasteiger partial charge is 0.291 e. The van der Waals surface area contributed by atoms with E-state index in [4.69, 9.17) is 4.74 Å². The molecular weight excluding hydrogens is 262 g/mol. The van der Waals surface area contributed by atoms with E-state index in [9.17, 15) is 9.59 Å². The molecule has 2 rings (SSSR count). The number of methoxy groups -OCH3 is 1. The van der Waals surface area contributed by atoms with Crippen molar-refractivity contribution in [1.82, 2.24) is 25.8 Å². The van der Waals surface area contributed by atoms with Crippen LogP contribution in [0.25, 0.3) is 0 Å². The summed E-state index contributed by atoms with van der Waals surface area (Å²) in [5.74, 6) is 0.491. The van der Waals surface area contributed by atoms with Crippen LogP contribution in [-0.4, -0.2) is 53.3 Å². The van der Waals surface area contributed by atoms with Gasteiger partial charge in [0.2, 0.25) is 11.7 Å². The Morgan fingerprint density at radius 1 is 1.50 bits per heavy atom. The molecule has 0 radical (unpaired) electrons. The third kappa shape index (κ3) is 3.77. The molecule has 1 aliphatic carbocycles. The van der Waals surface area contributed by atoms with Crippen molar-refractivity contribution in [3.8, 4) is 0 Å². The molecule has 8 nitrogen and oxygen atoms in total. The maximum absolute atomic E-state index is 11.9. The number of H-pyrrole nitrogens is 1. The van der Waals surface area contributed by atoms with E-state index in [1.54, 1.807) is 14.0 Å². The summed E-state index contributed by atoms with van der Waals surface area (Å²) >= 11 is 0. The van der Waals surface area contributed by atoms with E-state index in [1.165, 1.54) is 0 Å². The number of ether oxygens (including phenoxy) is 1. The number of aromatic nitrogens is 3. The van der Waals surface area contributed by atoms with Gasteiger partial charge in [0, 0.05) is 19.6 Å². The second-order valence-electron chi connectivity index (χ2n) is 4.80. The summed E-state index contributed by atoms with van der Waals surface area (Å²) < 4.78 is 4.83. The summed E-state index contributed by atoms with van der Waals surface area (Å²) in [5, 5.41) is 11.8. The second kappa shape index (κ2) is 6.47. The van der Waals surface area contributed by atoms with Crippen LogP contribution in [0.1, 0.15) is 42.1 Å². The average Bonchev–Trinajstić information content (AvgIpc) is 3.16. The Morgan fingerprint density at radius 2 is 2.25 bits per heavy atom. The van der Waals surface area contributed by atoms with E-state index in [-0.39, 0.29) is 11.7 Å². The minimum atomic E-state index is -0.651. The molecule has 1 aliphatic rings.